The third-order valence-electron chi connectivity index (χ3n) is 4.99. The standard InChI is InChI=1S/C21H26F3NO3/c1-13-8-15-9-14(10-18(26)28-20(4,5)21(22,23)24)6-7-16(15)27-17(13)11-19(2,3)12-25/h6-7,9,13,17H,8,10-11H2,1-5H3/t13-,17-/m1/s1. The zero-order valence-electron chi connectivity index (χ0n) is 16.8. The molecule has 4 nitrogen and oxygen atoms in total. The number of hydrogen-bond donors (Lipinski definition) is 0. The number of nitriles is 1. The highest BCUT2D eigenvalue weighted by molar-refractivity contribution is 5.73. The van der Waals surface area contributed by atoms with E-state index < -0.39 is 23.2 Å². The van der Waals surface area contributed by atoms with Crippen LogP contribution in [0.25, 0.3) is 0 Å². The summed E-state index contributed by atoms with van der Waals surface area (Å²) >= 11 is 0. The van der Waals surface area contributed by atoms with E-state index in [-0.39, 0.29) is 18.4 Å². The molecule has 7 heteroatoms. The van der Waals surface area contributed by atoms with Crippen molar-refractivity contribution in [1.82, 2.24) is 0 Å². The lowest BCUT2D eigenvalue weighted by atomic mass is 9.81. The number of halogens is 3. The van der Waals surface area contributed by atoms with Gasteiger partial charge in [-0.05, 0) is 57.2 Å². The Morgan fingerprint density at radius 1 is 1.29 bits per heavy atom. The van der Waals surface area contributed by atoms with Gasteiger partial charge in [0.05, 0.1) is 17.9 Å². The second-order valence-electron chi connectivity index (χ2n) is 8.64. The summed E-state index contributed by atoms with van der Waals surface area (Å²) in [5.74, 6) is -0.0724. The molecule has 1 aromatic rings. The quantitative estimate of drug-likeness (QED) is 0.657. The number of alkyl halides is 3. The summed E-state index contributed by atoms with van der Waals surface area (Å²) in [5, 5.41) is 9.24. The Balaban J connectivity index is 2.08. The lowest BCUT2D eigenvalue weighted by Gasteiger charge is -2.34. The van der Waals surface area contributed by atoms with Gasteiger partial charge in [-0.15, -0.1) is 0 Å². The molecule has 0 radical (unpaired) electrons. The molecule has 0 unspecified atom stereocenters. The van der Waals surface area contributed by atoms with Gasteiger partial charge in [0.15, 0.2) is 0 Å². The van der Waals surface area contributed by atoms with Crippen LogP contribution in [0.4, 0.5) is 13.2 Å². The molecule has 0 amide bonds. The van der Waals surface area contributed by atoms with Gasteiger partial charge in [-0.25, -0.2) is 0 Å². The number of nitrogens with zero attached hydrogens (tertiary/aromatic N) is 1. The molecule has 1 heterocycles. The van der Waals surface area contributed by atoms with Crippen molar-refractivity contribution in [3.63, 3.8) is 0 Å². The topological polar surface area (TPSA) is 59.3 Å². The number of rotatable bonds is 5. The summed E-state index contributed by atoms with van der Waals surface area (Å²) in [7, 11) is 0. The van der Waals surface area contributed by atoms with Gasteiger partial charge in [0, 0.05) is 6.42 Å². The third kappa shape index (κ3) is 5.18. The largest absolute Gasteiger partial charge is 0.490 e. The van der Waals surface area contributed by atoms with Gasteiger partial charge in [-0.1, -0.05) is 19.1 Å². The fraction of sp³-hybridized carbons (Fsp3) is 0.619. The molecule has 28 heavy (non-hydrogen) atoms. The molecule has 2 atom stereocenters. The SMILES string of the molecule is C[C@@H]1Cc2cc(CC(=O)OC(C)(C)C(F)(F)F)ccc2O[C@@H]1CC(C)(C)C#N. The number of carbonyl (C=O) groups excluding carboxylic acids is 1. The van der Waals surface area contributed by atoms with Crippen LogP contribution in [-0.4, -0.2) is 23.9 Å². The average Bonchev–Trinajstić information content (AvgIpc) is 2.54. The highest BCUT2D eigenvalue weighted by atomic mass is 19.4. The maximum absolute atomic E-state index is 12.9. The van der Waals surface area contributed by atoms with Crippen molar-refractivity contribution in [2.75, 3.05) is 0 Å². The Hall–Kier alpha value is -2.23. The molecular formula is C21H26F3NO3. The van der Waals surface area contributed by atoms with E-state index in [2.05, 4.69) is 10.8 Å². The van der Waals surface area contributed by atoms with Crippen molar-refractivity contribution >= 4 is 5.97 Å². The monoisotopic (exact) mass is 397 g/mol. The fourth-order valence-electron chi connectivity index (χ4n) is 3.11. The number of benzene rings is 1. The Kier molecular flexibility index (Phi) is 6.03. The second kappa shape index (κ2) is 7.65. The molecule has 0 fully saturated rings. The van der Waals surface area contributed by atoms with E-state index in [1.54, 1.807) is 18.2 Å². The van der Waals surface area contributed by atoms with E-state index in [0.29, 0.717) is 24.2 Å². The van der Waals surface area contributed by atoms with Gasteiger partial charge in [-0.3, -0.25) is 4.79 Å². The average molecular weight is 397 g/mol. The molecule has 0 aliphatic carbocycles. The first-order valence-electron chi connectivity index (χ1n) is 9.22. The zero-order chi connectivity index (χ0) is 21.3. The Bertz CT molecular complexity index is 778. The highest BCUT2D eigenvalue weighted by Gasteiger charge is 2.50. The zero-order valence-corrected chi connectivity index (χ0v) is 16.8. The van der Waals surface area contributed by atoms with Crippen molar-refractivity contribution in [3.8, 4) is 11.8 Å². The molecule has 1 aliphatic rings. The number of ether oxygens (including phenoxy) is 2. The van der Waals surface area contributed by atoms with E-state index in [4.69, 9.17) is 4.74 Å². The molecule has 154 valence electrons. The third-order valence-corrected chi connectivity index (χ3v) is 4.99. The first-order chi connectivity index (χ1) is 12.7. The fourth-order valence-corrected chi connectivity index (χ4v) is 3.11. The van der Waals surface area contributed by atoms with Crippen LogP contribution in [-0.2, 0) is 22.4 Å². The van der Waals surface area contributed by atoms with Gasteiger partial charge in [0.1, 0.15) is 11.9 Å². The van der Waals surface area contributed by atoms with Crippen LogP contribution in [0.5, 0.6) is 5.75 Å². The number of fused-ring (bicyclic) bond motifs is 1. The molecule has 0 aromatic heterocycles. The Morgan fingerprint density at radius 3 is 2.50 bits per heavy atom. The van der Waals surface area contributed by atoms with Crippen molar-refractivity contribution in [2.45, 2.75) is 71.8 Å². The lowest BCUT2D eigenvalue weighted by molar-refractivity contribution is -0.257. The van der Waals surface area contributed by atoms with Crippen molar-refractivity contribution < 1.29 is 27.4 Å². The summed E-state index contributed by atoms with van der Waals surface area (Å²) in [6.07, 6.45) is -3.66. The van der Waals surface area contributed by atoms with Gasteiger partial charge < -0.3 is 9.47 Å². The van der Waals surface area contributed by atoms with E-state index in [0.717, 1.165) is 19.4 Å². The molecule has 2 rings (SSSR count). The predicted molar refractivity (Wildman–Crippen MR) is 97.7 cm³/mol. The smallest absolute Gasteiger partial charge is 0.427 e. The van der Waals surface area contributed by atoms with Crippen molar-refractivity contribution in [1.29, 1.82) is 5.26 Å². The maximum atomic E-state index is 12.9. The Morgan fingerprint density at radius 2 is 1.93 bits per heavy atom. The Labute approximate surface area is 163 Å². The molecular weight excluding hydrogens is 371 g/mol. The molecule has 0 saturated carbocycles. The molecule has 0 bridgehead atoms. The van der Waals surface area contributed by atoms with E-state index in [1.165, 1.54) is 0 Å². The molecule has 1 aliphatic heterocycles. The van der Waals surface area contributed by atoms with Crippen LogP contribution in [0.1, 0.15) is 52.2 Å². The maximum Gasteiger partial charge on any atom is 0.427 e. The number of hydrogen-bond acceptors (Lipinski definition) is 4. The molecule has 0 N–H and O–H groups in total. The predicted octanol–water partition coefficient (Wildman–Crippen LogP) is 4.99. The highest BCUT2D eigenvalue weighted by Crippen LogP contribution is 2.37. The van der Waals surface area contributed by atoms with Crippen LogP contribution in [0.3, 0.4) is 0 Å². The van der Waals surface area contributed by atoms with Crippen LogP contribution >= 0.6 is 0 Å². The minimum absolute atomic E-state index is 0.0921. The number of carbonyl (C=O) groups is 1. The van der Waals surface area contributed by atoms with E-state index in [9.17, 15) is 23.2 Å². The summed E-state index contributed by atoms with van der Waals surface area (Å²) in [6, 6.07) is 7.44. The van der Waals surface area contributed by atoms with Gasteiger partial charge in [0.2, 0.25) is 5.60 Å². The molecule has 0 saturated heterocycles. The van der Waals surface area contributed by atoms with Gasteiger partial charge in [-0.2, -0.15) is 18.4 Å². The summed E-state index contributed by atoms with van der Waals surface area (Å²) in [6.45, 7) is 7.44. The number of esters is 1. The summed E-state index contributed by atoms with van der Waals surface area (Å²) < 4.78 is 49.3. The first kappa shape index (κ1) is 22.1. The van der Waals surface area contributed by atoms with Gasteiger partial charge in [0.25, 0.3) is 0 Å². The van der Waals surface area contributed by atoms with Crippen LogP contribution < -0.4 is 4.74 Å². The minimum Gasteiger partial charge on any atom is -0.490 e. The lowest BCUT2D eigenvalue weighted by Crippen LogP contribution is -2.43. The minimum atomic E-state index is -4.63. The van der Waals surface area contributed by atoms with E-state index in [1.807, 2.05) is 20.8 Å². The van der Waals surface area contributed by atoms with Crippen LogP contribution in [0.15, 0.2) is 18.2 Å². The second-order valence-corrected chi connectivity index (χ2v) is 8.64. The van der Waals surface area contributed by atoms with E-state index >= 15 is 0 Å². The van der Waals surface area contributed by atoms with Crippen LogP contribution in [0, 0.1) is 22.7 Å². The summed E-state index contributed by atoms with van der Waals surface area (Å²) in [5.41, 5.74) is -1.55. The van der Waals surface area contributed by atoms with Gasteiger partial charge >= 0.3 is 12.1 Å². The first-order valence-corrected chi connectivity index (χ1v) is 9.22. The van der Waals surface area contributed by atoms with Crippen LogP contribution in [0.2, 0.25) is 0 Å². The normalized spacial score (nSPS) is 20.0. The van der Waals surface area contributed by atoms with Crippen molar-refractivity contribution in [3.05, 3.63) is 29.3 Å². The molecule has 1 aromatic carbocycles. The van der Waals surface area contributed by atoms with Crippen molar-refractivity contribution in [2.24, 2.45) is 11.3 Å². The molecule has 0 spiro atoms. The summed E-state index contributed by atoms with van der Waals surface area (Å²) in [4.78, 5) is 12.0.